The number of hydrogen-bond donors (Lipinski definition) is 1. The molecule has 0 aliphatic carbocycles. The van der Waals surface area contributed by atoms with E-state index in [1.807, 2.05) is 32.9 Å². The SMILES string of the molecule is CCOc1c(CC(=O)O)ccc(C)c1C. The standard InChI is InChI=1S/C12H16O3/c1-4-15-12-9(3)8(2)5-6-10(12)7-11(13)14/h5-6H,4,7H2,1-3H3,(H,13,14). The highest BCUT2D eigenvalue weighted by atomic mass is 16.5. The summed E-state index contributed by atoms with van der Waals surface area (Å²) in [6.07, 6.45) is 0.0104. The van der Waals surface area contributed by atoms with Gasteiger partial charge in [-0.05, 0) is 31.9 Å². The molecule has 0 atom stereocenters. The molecular formula is C12H16O3. The summed E-state index contributed by atoms with van der Waals surface area (Å²) in [6.45, 7) is 6.39. The Morgan fingerprint density at radius 2 is 2.07 bits per heavy atom. The van der Waals surface area contributed by atoms with Crippen molar-refractivity contribution in [1.82, 2.24) is 0 Å². The number of carboxylic acid groups (broad SMARTS) is 1. The van der Waals surface area contributed by atoms with Gasteiger partial charge in [-0.25, -0.2) is 0 Å². The van der Waals surface area contributed by atoms with Crippen LogP contribution >= 0.6 is 0 Å². The molecule has 82 valence electrons. The third kappa shape index (κ3) is 2.72. The minimum absolute atomic E-state index is 0.0104. The van der Waals surface area contributed by atoms with Gasteiger partial charge in [0.1, 0.15) is 5.75 Å². The summed E-state index contributed by atoms with van der Waals surface area (Å²) in [5.74, 6) is -0.112. The van der Waals surface area contributed by atoms with Crippen LogP contribution in [0.2, 0.25) is 0 Å². The van der Waals surface area contributed by atoms with Crippen molar-refractivity contribution in [2.75, 3.05) is 6.61 Å². The fourth-order valence-electron chi connectivity index (χ4n) is 1.49. The van der Waals surface area contributed by atoms with Gasteiger partial charge in [-0.3, -0.25) is 4.79 Å². The number of carbonyl (C=O) groups is 1. The highest BCUT2D eigenvalue weighted by Crippen LogP contribution is 2.26. The van der Waals surface area contributed by atoms with Crippen LogP contribution in [0.1, 0.15) is 23.6 Å². The Morgan fingerprint density at radius 3 is 2.60 bits per heavy atom. The molecule has 0 radical (unpaired) electrons. The van der Waals surface area contributed by atoms with E-state index in [2.05, 4.69) is 0 Å². The van der Waals surface area contributed by atoms with E-state index >= 15 is 0 Å². The van der Waals surface area contributed by atoms with Gasteiger partial charge >= 0.3 is 5.97 Å². The van der Waals surface area contributed by atoms with Gasteiger partial charge in [0.05, 0.1) is 13.0 Å². The van der Waals surface area contributed by atoms with Crippen LogP contribution < -0.4 is 4.74 Å². The van der Waals surface area contributed by atoms with Crippen molar-refractivity contribution in [2.45, 2.75) is 27.2 Å². The number of aliphatic carboxylic acids is 1. The smallest absolute Gasteiger partial charge is 0.307 e. The molecule has 3 nitrogen and oxygen atoms in total. The minimum Gasteiger partial charge on any atom is -0.493 e. The molecule has 0 amide bonds. The fraction of sp³-hybridized carbons (Fsp3) is 0.417. The molecule has 1 rings (SSSR count). The molecule has 0 aliphatic rings. The Balaban J connectivity index is 3.14. The first-order chi connectivity index (χ1) is 7.06. The van der Waals surface area contributed by atoms with Crippen LogP contribution in [0, 0.1) is 13.8 Å². The molecule has 0 heterocycles. The summed E-state index contributed by atoms with van der Waals surface area (Å²) < 4.78 is 5.49. The van der Waals surface area contributed by atoms with Gasteiger partial charge < -0.3 is 9.84 Å². The first-order valence-electron chi connectivity index (χ1n) is 5.00. The Hall–Kier alpha value is -1.51. The predicted molar refractivity (Wildman–Crippen MR) is 58.4 cm³/mol. The number of hydrogen-bond acceptors (Lipinski definition) is 2. The fourth-order valence-corrected chi connectivity index (χ4v) is 1.49. The van der Waals surface area contributed by atoms with E-state index in [0.29, 0.717) is 6.61 Å². The first kappa shape index (κ1) is 11.6. The van der Waals surface area contributed by atoms with E-state index in [-0.39, 0.29) is 6.42 Å². The van der Waals surface area contributed by atoms with E-state index < -0.39 is 5.97 Å². The lowest BCUT2D eigenvalue weighted by molar-refractivity contribution is -0.136. The maximum absolute atomic E-state index is 10.7. The van der Waals surface area contributed by atoms with Crippen molar-refractivity contribution in [3.8, 4) is 5.75 Å². The monoisotopic (exact) mass is 208 g/mol. The van der Waals surface area contributed by atoms with Gasteiger partial charge in [-0.2, -0.15) is 0 Å². The molecule has 15 heavy (non-hydrogen) atoms. The largest absolute Gasteiger partial charge is 0.493 e. The summed E-state index contributed by atoms with van der Waals surface area (Å²) in [4.78, 5) is 10.7. The van der Waals surface area contributed by atoms with Gasteiger partial charge in [0.15, 0.2) is 0 Å². The predicted octanol–water partition coefficient (Wildman–Crippen LogP) is 2.33. The summed E-state index contributed by atoms with van der Waals surface area (Å²) >= 11 is 0. The molecule has 0 saturated heterocycles. The molecule has 0 aromatic heterocycles. The lowest BCUT2D eigenvalue weighted by atomic mass is 10.0. The zero-order chi connectivity index (χ0) is 11.4. The van der Waals surface area contributed by atoms with E-state index in [4.69, 9.17) is 9.84 Å². The maximum Gasteiger partial charge on any atom is 0.307 e. The molecular weight excluding hydrogens is 192 g/mol. The molecule has 0 spiro atoms. The normalized spacial score (nSPS) is 10.1. The van der Waals surface area contributed by atoms with Crippen molar-refractivity contribution >= 4 is 5.97 Å². The molecule has 0 saturated carbocycles. The Bertz CT molecular complexity index is 369. The quantitative estimate of drug-likeness (QED) is 0.826. The van der Waals surface area contributed by atoms with E-state index in [0.717, 1.165) is 22.4 Å². The highest BCUT2D eigenvalue weighted by molar-refractivity contribution is 5.71. The third-order valence-corrected chi connectivity index (χ3v) is 2.39. The number of rotatable bonds is 4. The molecule has 1 N–H and O–H groups in total. The number of aryl methyl sites for hydroxylation is 1. The molecule has 3 heteroatoms. The van der Waals surface area contributed by atoms with Crippen LogP contribution in [0.4, 0.5) is 0 Å². The zero-order valence-corrected chi connectivity index (χ0v) is 9.33. The van der Waals surface area contributed by atoms with Gasteiger partial charge in [0.2, 0.25) is 0 Å². The van der Waals surface area contributed by atoms with Crippen molar-refractivity contribution in [2.24, 2.45) is 0 Å². The summed E-state index contributed by atoms with van der Waals surface area (Å²) in [6, 6.07) is 3.75. The second kappa shape index (κ2) is 4.82. The second-order valence-electron chi connectivity index (χ2n) is 3.50. The summed E-state index contributed by atoms with van der Waals surface area (Å²) in [5, 5.41) is 8.76. The first-order valence-corrected chi connectivity index (χ1v) is 5.00. The topological polar surface area (TPSA) is 46.5 Å². The van der Waals surface area contributed by atoms with Crippen LogP contribution in [0.3, 0.4) is 0 Å². The van der Waals surface area contributed by atoms with Crippen LogP contribution in [-0.2, 0) is 11.2 Å². The zero-order valence-electron chi connectivity index (χ0n) is 9.33. The third-order valence-electron chi connectivity index (χ3n) is 2.39. The average molecular weight is 208 g/mol. The van der Waals surface area contributed by atoms with Crippen molar-refractivity contribution in [3.63, 3.8) is 0 Å². The lowest BCUT2D eigenvalue weighted by Crippen LogP contribution is -2.05. The summed E-state index contributed by atoms with van der Waals surface area (Å²) in [7, 11) is 0. The maximum atomic E-state index is 10.7. The summed E-state index contributed by atoms with van der Waals surface area (Å²) in [5.41, 5.74) is 2.88. The van der Waals surface area contributed by atoms with Gasteiger partial charge in [-0.15, -0.1) is 0 Å². The van der Waals surface area contributed by atoms with Crippen molar-refractivity contribution < 1.29 is 14.6 Å². The number of benzene rings is 1. The highest BCUT2D eigenvalue weighted by Gasteiger charge is 2.11. The van der Waals surface area contributed by atoms with E-state index in [1.54, 1.807) is 0 Å². The van der Waals surface area contributed by atoms with E-state index in [9.17, 15) is 4.79 Å². The molecule has 0 unspecified atom stereocenters. The molecule has 0 bridgehead atoms. The van der Waals surface area contributed by atoms with Gasteiger partial charge in [0, 0.05) is 5.56 Å². The Kier molecular flexibility index (Phi) is 3.72. The average Bonchev–Trinajstić information content (AvgIpc) is 2.17. The van der Waals surface area contributed by atoms with Crippen LogP contribution in [-0.4, -0.2) is 17.7 Å². The van der Waals surface area contributed by atoms with Crippen molar-refractivity contribution in [1.29, 1.82) is 0 Å². The molecule has 1 aromatic carbocycles. The van der Waals surface area contributed by atoms with E-state index in [1.165, 1.54) is 0 Å². The van der Waals surface area contributed by atoms with Crippen LogP contribution in [0.5, 0.6) is 5.75 Å². The lowest BCUT2D eigenvalue weighted by Gasteiger charge is -2.13. The van der Waals surface area contributed by atoms with Crippen molar-refractivity contribution in [3.05, 3.63) is 28.8 Å². The van der Waals surface area contributed by atoms with Gasteiger partial charge in [-0.1, -0.05) is 12.1 Å². The Morgan fingerprint density at radius 1 is 1.40 bits per heavy atom. The molecule has 1 aromatic rings. The number of ether oxygens (including phenoxy) is 1. The molecule has 0 aliphatic heterocycles. The minimum atomic E-state index is -0.834. The Labute approximate surface area is 89.7 Å². The molecule has 0 fully saturated rings. The number of carboxylic acids is 1. The van der Waals surface area contributed by atoms with Crippen LogP contribution in [0.25, 0.3) is 0 Å². The van der Waals surface area contributed by atoms with Gasteiger partial charge in [0.25, 0.3) is 0 Å². The van der Waals surface area contributed by atoms with Crippen LogP contribution in [0.15, 0.2) is 12.1 Å². The second-order valence-corrected chi connectivity index (χ2v) is 3.50.